The lowest BCUT2D eigenvalue weighted by atomic mass is 10.0. The summed E-state index contributed by atoms with van der Waals surface area (Å²) in [5.41, 5.74) is 3.45. The van der Waals surface area contributed by atoms with Gasteiger partial charge >= 0.3 is 0 Å². The van der Waals surface area contributed by atoms with E-state index < -0.39 is 0 Å². The minimum atomic E-state index is 0.420. The summed E-state index contributed by atoms with van der Waals surface area (Å²) in [5.74, 6) is 0. The van der Waals surface area contributed by atoms with Gasteiger partial charge in [0.2, 0.25) is 0 Å². The van der Waals surface area contributed by atoms with E-state index in [0.717, 1.165) is 37.2 Å². The number of nitrogens with zero attached hydrogens (tertiary/aromatic N) is 2. The van der Waals surface area contributed by atoms with Gasteiger partial charge in [0.1, 0.15) is 0 Å². The molecule has 1 unspecified atom stereocenters. The van der Waals surface area contributed by atoms with Crippen molar-refractivity contribution in [3.05, 3.63) is 23.0 Å². The van der Waals surface area contributed by atoms with E-state index in [0.29, 0.717) is 6.04 Å². The van der Waals surface area contributed by atoms with E-state index in [2.05, 4.69) is 42.4 Å². The van der Waals surface area contributed by atoms with Crippen molar-refractivity contribution < 1.29 is 0 Å². The fraction of sp³-hybridized carbons (Fsp3) is 0.692. The van der Waals surface area contributed by atoms with Gasteiger partial charge in [0.15, 0.2) is 0 Å². The molecule has 1 atom stereocenters. The fourth-order valence-electron chi connectivity index (χ4n) is 1.90. The van der Waals surface area contributed by atoms with Crippen molar-refractivity contribution in [1.29, 1.82) is 0 Å². The molecule has 0 aliphatic heterocycles. The molecule has 0 bridgehead atoms. The summed E-state index contributed by atoms with van der Waals surface area (Å²) < 4.78 is 0. The lowest BCUT2D eigenvalue weighted by Gasteiger charge is -2.19. The maximum absolute atomic E-state index is 4.28. The molecule has 3 nitrogen and oxygen atoms in total. The van der Waals surface area contributed by atoms with E-state index in [9.17, 15) is 0 Å². The van der Waals surface area contributed by atoms with E-state index in [-0.39, 0.29) is 0 Å². The first-order valence-electron chi connectivity index (χ1n) is 6.29. The van der Waals surface area contributed by atoms with Crippen LogP contribution in [0.3, 0.4) is 0 Å². The largest absolute Gasteiger partial charge is 0.310 e. The summed E-state index contributed by atoms with van der Waals surface area (Å²) >= 11 is 0. The molecule has 0 aliphatic carbocycles. The summed E-state index contributed by atoms with van der Waals surface area (Å²) in [6.07, 6.45) is 3.21. The Kier molecular flexibility index (Phi) is 5.39. The normalized spacial score (nSPS) is 12.8. The third-order valence-electron chi connectivity index (χ3n) is 2.79. The summed E-state index contributed by atoms with van der Waals surface area (Å²) in [6.45, 7) is 9.60. The first-order valence-corrected chi connectivity index (χ1v) is 6.29. The molecular weight excluding hydrogens is 198 g/mol. The van der Waals surface area contributed by atoms with Gasteiger partial charge in [-0.15, -0.1) is 0 Å². The Balaban J connectivity index is 2.92. The zero-order valence-corrected chi connectivity index (χ0v) is 10.9. The third-order valence-corrected chi connectivity index (χ3v) is 2.79. The molecule has 16 heavy (non-hydrogen) atoms. The lowest BCUT2D eigenvalue weighted by Crippen LogP contribution is -2.23. The van der Waals surface area contributed by atoms with Gasteiger partial charge in [0, 0.05) is 6.04 Å². The highest BCUT2D eigenvalue weighted by Crippen LogP contribution is 2.20. The third kappa shape index (κ3) is 3.27. The molecule has 3 heteroatoms. The highest BCUT2D eigenvalue weighted by atomic mass is 15.1. The van der Waals surface area contributed by atoms with Crippen molar-refractivity contribution >= 4 is 0 Å². The lowest BCUT2D eigenvalue weighted by molar-refractivity contribution is 0.510. The molecule has 0 aromatic carbocycles. The average molecular weight is 221 g/mol. The van der Waals surface area contributed by atoms with Crippen LogP contribution in [0, 0.1) is 6.92 Å². The minimum Gasteiger partial charge on any atom is -0.310 e. The van der Waals surface area contributed by atoms with Gasteiger partial charge < -0.3 is 5.32 Å². The van der Waals surface area contributed by atoms with Crippen molar-refractivity contribution in [2.24, 2.45) is 0 Å². The maximum atomic E-state index is 4.28. The Bertz CT molecular complexity index is 323. The van der Waals surface area contributed by atoms with Crippen LogP contribution in [0.1, 0.15) is 56.6 Å². The van der Waals surface area contributed by atoms with Crippen LogP contribution in [0.4, 0.5) is 0 Å². The van der Waals surface area contributed by atoms with Crippen LogP contribution in [-0.4, -0.2) is 16.7 Å². The summed E-state index contributed by atoms with van der Waals surface area (Å²) in [5, 5.41) is 12.0. The Morgan fingerprint density at radius 2 is 2.00 bits per heavy atom. The highest BCUT2D eigenvalue weighted by Gasteiger charge is 2.13. The standard InChI is InChI=1S/C13H23N3/c1-5-8-14-12(6-2)11-9-10(4)15-16-13(11)7-3/h9,12,14H,5-8H2,1-4H3. The van der Waals surface area contributed by atoms with Crippen LogP contribution >= 0.6 is 0 Å². The van der Waals surface area contributed by atoms with E-state index in [1.165, 1.54) is 5.56 Å². The van der Waals surface area contributed by atoms with Crippen molar-refractivity contribution in [2.45, 2.75) is 53.0 Å². The van der Waals surface area contributed by atoms with Gasteiger partial charge in [-0.25, -0.2) is 0 Å². The molecule has 90 valence electrons. The number of aromatic nitrogens is 2. The Morgan fingerprint density at radius 3 is 2.56 bits per heavy atom. The number of rotatable bonds is 6. The van der Waals surface area contributed by atoms with Crippen LogP contribution in [0.25, 0.3) is 0 Å². The van der Waals surface area contributed by atoms with Gasteiger partial charge in [-0.3, -0.25) is 0 Å². The highest BCUT2D eigenvalue weighted by molar-refractivity contribution is 5.24. The summed E-state index contributed by atoms with van der Waals surface area (Å²) in [7, 11) is 0. The molecule has 0 amide bonds. The zero-order valence-electron chi connectivity index (χ0n) is 10.9. The number of hydrogen-bond donors (Lipinski definition) is 1. The monoisotopic (exact) mass is 221 g/mol. The molecule has 1 heterocycles. The van der Waals surface area contributed by atoms with Crippen LogP contribution in [0.2, 0.25) is 0 Å². The number of aryl methyl sites for hydroxylation is 2. The summed E-state index contributed by atoms with van der Waals surface area (Å²) in [6, 6.07) is 2.59. The molecule has 0 saturated heterocycles. The maximum Gasteiger partial charge on any atom is 0.0676 e. The van der Waals surface area contributed by atoms with Gasteiger partial charge in [-0.05, 0) is 44.4 Å². The van der Waals surface area contributed by atoms with Crippen LogP contribution in [0.15, 0.2) is 6.07 Å². The van der Waals surface area contributed by atoms with Crippen molar-refractivity contribution in [3.8, 4) is 0 Å². The Morgan fingerprint density at radius 1 is 1.25 bits per heavy atom. The van der Waals surface area contributed by atoms with E-state index in [4.69, 9.17) is 0 Å². The van der Waals surface area contributed by atoms with E-state index in [1.807, 2.05) is 6.92 Å². The number of nitrogens with one attached hydrogen (secondary N) is 1. The second-order valence-corrected chi connectivity index (χ2v) is 4.16. The first kappa shape index (κ1) is 13.1. The molecule has 0 saturated carbocycles. The topological polar surface area (TPSA) is 37.8 Å². The molecule has 0 fully saturated rings. The second-order valence-electron chi connectivity index (χ2n) is 4.16. The van der Waals surface area contributed by atoms with Gasteiger partial charge in [0.25, 0.3) is 0 Å². The SMILES string of the molecule is CCCNC(CC)c1cc(C)nnc1CC. The van der Waals surface area contributed by atoms with Crippen LogP contribution in [-0.2, 0) is 6.42 Å². The van der Waals surface area contributed by atoms with Gasteiger partial charge in [0.05, 0.1) is 11.4 Å². The average Bonchev–Trinajstić information content (AvgIpc) is 2.30. The van der Waals surface area contributed by atoms with Gasteiger partial charge in [-0.2, -0.15) is 10.2 Å². The molecule has 1 aromatic heterocycles. The first-order chi connectivity index (χ1) is 7.72. The predicted octanol–water partition coefficient (Wildman–Crippen LogP) is 2.80. The van der Waals surface area contributed by atoms with Gasteiger partial charge in [-0.1, -0.05) is 20.8 Å². The van der Waals surface area contributed by atoms with Crippen LogP contribution in [0.5, 0.6) is 0 Å². The number of hydrogen-bond acceptors (Lipinski definition) is 3. The fourth-order valence-corrected chi connectivity index (χ4v) is 1.90. The minimum absolute atomic E-state index is 0.420. The second kappa shape index (κ2) is 6.59. The quantitative estimate of drug-likeness (QED) is 0.802. The van der Waals surface area contributed by atoms with Crippen molar-refractivity contribution in [3.63, 3.8) is 0 Å². The smallest absolute Gasteiger partial charge is 0.0676 e. The van der Waals surface area contributed by atoms with Crippen molar-refractivity contribution in [1.82, 2.24) is 15.5 Å². The molecular formula is C13H23N3. The predicted molar refractivity (Wildman–Crippen MR) is 67.5 cm³/mol. The molecule has 1 aromatic rings. The Labute approximate surface area is 98.7 Å². The molecule has 1 N–H and O–H groups in total. The molecule has 0 spiro atoms. The molecule has 0 radical (unpaired) electrons. The summed E-state index contributed by atoms with van der Waals surface area (Å²) in [4.78, 5) is 0. The van der Waals surface area contributed by atoms with E-state index >= 15 is 0 Å². The molecule has 1 rings (SSSR count). The van der Waals surface area contributed by atoms with Crippen LogP contribution < -0.4 is 5.32 Å². The van der Waals surface area contributed by atoms with Crippen molar-refractivity contribution in [2.75, 3.05) is 6.54 Å². The molecule has 0 aliphatic rings. The zero-order chi connectivity index (χ0) is 12.0. The van der Waals surface area contributed by atoms with E-state index in [1.54, 1.807) is 0 Å². The Hall–Kier alpha value is -0.960.